The van der Waals surface area contributed by atoms with Crippen LogP contribution in [0.5, 0.6) is 0 Å². The minimum atomic E-state index is -0.520. The average Bonchev–Trinajstić information content (AvgIpc) is 3.02. The molecule has 0 aromatic heterocycles. The van der Waals surface area contributed by atoms with E-state index >= 15 is 0 Å². The maximum Gasteiger partial charge on any atom is 0.408 e. The van der Waals surface area contributed by atoms with Crippen LogP contribution in [0.4, 0.5) is 4.79 Å². The third-order valence-corrected chi connectivity index (χ3v) is 5.10. The van der Waals surface area contributed by atoms with Gasteiger partial charge in [0.2, 0.25) is 0 Å². The Morgan fingerprint density at radius 1 is 1.26 bits per heavy atom. The molecule has 1 unspecified atom stereocenters. The van der Waals surface area contributed by atoms with Gasteiger partial charge in [-0.2, -0.15) is 0 Å². The second kappa shape index (κ2) is 11.9. The molecule has 1 heterocycles. The molecule has 0 spiro atoms. The Labute approximate surface area is 182 Å². The summed E-state index contributed by atoms with van der Waals surface area (Å²) in [6.45, 7) is 15.3. The number of nitrogens with zero attached hydrogens (tertiary/aromatic N) is 2. The quantitative estimate of drug-likeness (QED) is 0.272. The molecule has 0 aliphatic carbocycles. The minimum absolute atomic E-state index is 0. The van der Waals surface area contributed by atoms with Gasteiger partial charge in [-0.05, 0) is 59.5 Å². The number of likely N-dealkylation sites (tertiary alicyclic amines) is 1. The highest BCUT2D eigenvalue weighted by Crippen LogP contribution is 2.18. The van der Waals surface area contributed by atoms with Crippen LogP contribution in [0.2, 0.25) is 0 Å². The predicted molar refractivity (Wildman–Crippen MR) is 123 cm³/mol. The molecule has 7 nitrogen and oxygen atoms in total. The first-order chi connectivity index (χ1) is 12.1. The van der Waals surface area contributed by atoms with Crippen LogP contribution in [-0.4, -0.2) is 60.3 Å². The number of nitrogens with two attached hydrogens (primary N) is 1. The SMILES string of the molecule is CCN1CCCC1CNC(N)=NCC(CC)(CC)NC(=O)OC(C)(C)C.I. The Balaban J connectivity index is 0.00000676. The monoisotopic (exact) mass is 497 g/mol. The molecule has 1 saturated heterocycles. The molecule has 0 aromatic carbocycles. The lowest BCUT2D eigenvalue weighted by Gasteiger charge is -2.32. The van der Waals surface area contributed by atoms with Crippen molar-refractivity contribution in [2.24, 2.45) is 10.7 Å². The first-order valence-corrected chi connectivity index (χ1v) is 9.93. The van der Waals surface area contributed by atoms with E-state index in [0.29, 0.717) is 18.5 Å². The number of carbonyl (C=O) groups is 1. The molecular formula is C19H40IN5O2. The summed E-state index contributed by atoms with van der Waals surface area (Å²) >= 11 is 0. The van der Waals surface area contributed by atoms with Gasteiger partial charge in [-0.1, -0.05) is 20.8 Å². The van der Waals surface area contributed by atoms with Crippen LogP contribution in [0, 0.1) is 0 Å². The molecule has 4 N–H and O–H groups in total. The van der Waals surface area contributed by atoms with E-state index in [9.17, 15) is 4.79 Å². The van der Waals surface area contributed by atoms with Gasteiger partial charge in [-0.3, -0.25) is 9.89 Å². The summed E-state index contributed by atoms with van der Waals surface area (Å²) < 4.78 is 5.39. The summed E-state index contributed by atoms with van der Waals surface area (Å²) in [6.07, 6.45) is 3.54. The van der Waals surface area contributed by atoms with Gasteiger partial charge in [-0.25, -0.2) is 4.79 Å². The first-order valence-electron chi connectivity index (χ1n) is 9.93. The summed E-state index contributed by atoms with van der Waals surface area (Å²) in [5.41, 5.74) is 5.10. The number of amides is 1. The van der Waals surface area contributed by atoms with E-state index in [0.717, 1.165) is 32.5 Å². The largest absolute Gasteiger partial charge is 0.444 e. The maximum atomic E-state index is 12.2. The zero-order valence-corrected chi connectivity index (χ0v) is 20.3. The molecule has 0 aromatic rings. The molecule has 27 heavy (non-hydrogen) atoms. The normalized spacial score (nSPS) is 18.7. The zero-order chi connectivity index (χ0) is 19.8. The average molecular weight is 497 g/mol. The van der Waals surface area contributed by atoms with Crippen LogP contribution in [0.1, 0.15) is 67.2 Å². The number of ether oxygens (including phenoxy) is 1. The van der Waals surface area contributed by atoms with E-state index in [1.54, 1.807) is 0 Å². The van der Waals surface area contributed by atoms with Crippen molar-refractivity contribution in [3.8, 4) is 0 Å². The molecule has 1 amide bonds. The molecule has 8 heteroatoms. The number of nitrogens with one attached hydrogen (secondary N) is 2. The van der Waals surface area contributed by atoms with Gasteiger partial charge in [0.05, 0.1) is 12.1 Å². The van der Waals surface area contributed by atoms with Crippen LogP contribution < -0.4 is 16.4 Å². The van der Waals surface area contributed by atoms with Crippen molar-refractivity contribution in [2.75, 3.05) is 26.2 Å². The van der Waals surface area contributed by atoms with Gasteiger partial charge < -0.3 is 21.1 Å². The van der Waals surface area contributed by atoms with Crippen LogP contribution in [-0.2, 0) is 4.74 Å². The Bertz CT molecular complexity index is 475. The molecule has 160 valence electrons. The van der Waals surface area contributed by atoms with Crippen LogP contribution >= 0.6 is 24.0 Å². The van der Waals surface area contributed by atoms with Gasteiger partial charge in [0.1, 0.15) is 5.60 Å². The summed E-state index contributed by atoms with van der Waals surface area (Å²) in [7, 11) is 0. The molecule has 0 radical (unpaired) electrons. The fourth-order valence-electron chi connectivity index (χ4n) is 3.27. The smallest absolute Gasteiger partial charge is 0.408 e. The van der Waals surface area contributed by atoms with Gasteiger partial charge in [0.15, 0.2) is 5.96 Å². The van der Waals surface area contributed by atoms with Crippen LogP contribution in [0.3, 0.4) is 0 Å². The fraction of sp³-hybridized carbons (Fsp3) is 0.895. The van der Waals surface area contributed by atoms with Gasteiger partial charge >= 0.3 is 6.09 Å². The molecule has 1 fully saturated rings. The summed E-state index contributed by atoms with van der Waals surface area (Å²) in [5.74, 6) is 0.435. The zero-order valence-electron chi connectivity index (χ0n) is 17.9. The number of halogens is 1. The minimum Gasteiger partial charge on any atom is -0.444 e. The van der Waals surface area contributed by atoms with Gasteiger partial charge in [-0.15, -0.1) is 24.0 Å². The molecule has 0 saturated carbocycles. The van der Waals surface area contributed by atoms with Crippen molar-refractivity contribution >= 4 is 36.0 Å². The molecular weight excluding hydrogens is 457 g/mol. The molecule has 1 aliphatic rings. The Morgan fingerprint density at radius 2 is 1.89 bits per heavy atom. The van der Waals surface area contributed by atoms with E-state index in [2.05, 4.69) is 27.4 Å². The van der Waals surface area contributed by atoms with E-state index in [1.807, 2.05) is 34.6 Å². The number of likely N-dealkylation sites (N-methyl/N-ethyl adjacent to an activating group) is 1. The topological polar surface area (TPSA) is 92.0 Å². The summed E-state index contributed by atoms with van der Waals surface area (Å²) in [6, 6.07) is 0.524. The van der Waals surface area contributed by atoms with Crippen molar-refractivity contribution in [2.45, 2.75) is 84.4 Å². The van der Waals surface area contributed by atoms with E-state index in [4.69, 9.17) is 10.5 Å². The lowest BCUT2D eigenvalue weighted by atomic mass is 9.93. The third kappa shape index (κ3) is 9.32. The van der Waals surface area contributed by atoms with Crippen molar-refractivity contribution < 1.29 is 9.53 Å². The van der Waals surface area contributed by atoms with Gasteiger partial charge in [0, 0.05) is 12.6 Å². The number of carbonyl (C=O) groups excluding carboxylic acids is 1. The maximum absolute atomic E-state index is 12.2. The van der Waals surface area contributed by atoms with E-state index < -0.39 is 17.2 Å². The summed E-state index contributed by atoms with van der Waals surface area (Å²) in [5, 5.41) is 6.24. The molecule has 1 aliphatic heterocycles. The highest BCUT2D eigenvalue weighted by Gasteiger charge is 2.30. The number of hydrogen-bond acceptors (Lipinski definition) is 4. The fourth-order valence-corrected chi connectivity index (χ4v) is 3.27. The number of aliphatic imine (C=N–C) groups is 1. The standard InChI is InChI=1S/C19H39N5O2.HI/c1-7-19(8-2,23-17(25)26-18(4,5)6)14-22-16(20)21-13-15-11-10-12-24(15)9-3;/h15H,7-14H2,1-6H3,(H,23,25)(H3,20,21,22);1H. The lowest BCUT2D eigenvalue weighted by molar-refractivity contribution is 0.0452. The number of alkyl carbamates (subject to hydrolysis) is 1. The van der Waals surface area contributed by atoms with Crippen molar-refractivity contribution in [3.63, 3.8) is 0 Å². The number of rotatable bonds is 8. The second-order valence-corrected chi connectivity index (χ2v) is 8.12. The highest BCUT2D eigenvalue weighted by molar-refractivity contribution is 14.0. The lowest BCUT2D eigenvalue weighted by Crippen LogP contribution is -2.52. The highest BCUT2D eigenvalue weighted by atomic mass is 127. The Kier molecular flexibility index (Phi) is 11.6. The van der Waals surface area contributed by atoms with Crippen LogP contribution in [0.25, 0.3) is 0 Å². The Hall–Kier alpha value is -0.770. The predicted octanol–water partition coefficient (Wildman–Crippen LogP) is 3.08. The number of hydrogen-bond donors (Lipinski definition) is 3. The number of guanidine groups is 1. The second-order valence-electron chi connectivity index (χ2n) is 8.12. The van der Waals surface area contributed by atoms with Crippen LogP contribution in [0.15, 0.2) is 4.99 Å². The van der Waals surface area contributed by atoms with Crippen molar-refractivity contribution in [1.29, 1.82) is 0 Å². The van der Waals surface area contributed by atoms with E-state index in [-0.39, 0.29) is 24.0 Å². The summed E-state index contributed by atoms with van der Waals surface area (Å²) in [4.78, 5) is 19.1. The van der Waals surface area contributed by atoms with E-state index in [1.165, 1.54) is 12.8 Å². The van der Waals surface area contributed by atoms with Gasteiger partial charge in [0.25, 0.3) is 0 Å². The molecule has 1 rings (SSSR count). The first kappa shape index (κ1) is 26.2. The molecule has 0 bridgehead atoms. The van der Waals surface area contributed by atoms with Crippen molar-refractivity contribution in [3.05, 3.63) is 0 Å². The Morgan fingerprint density at radius 3 is 2.41 bits per heavy atom. The van der Waals surface area contributed by atoms with Crippen molar-refractivity contribution in [1.82, 2.24) is 15.5 Å². The molecule has 1 atom stereocenters. The third-order valence-electron chi connectivity index (χ3n) is 5.10.